The van der Waals surface area contributed by atoms with Crippen LogP contribution < -0.4 is 5.32 Å². The molecule has 2 heterocycles. The molecule has 0 aromatic carbocycles. The van der Waals surface area contributed by atoms with E-state index in [-0.39, 0.29) is 13.2 Å². The summed E-state index contributed by atoms with van der Waals surface area (Å²) in [6, 6.07) is 0. The van der Waals surface area contributed by atoms with Gasteiger partial charge in [0.15, 0.2) is 0 Å². The number of dihydropyridines is 1. The quantitative estimate of drug-likeness (QED) is 0.804. The molecule has 23 heavy (non-hydrogen) atoms. The van der Waals surface area contributed by atoms with Crippen LogP contribution in [-0.4, -0.2) is 35.1 Å². The zero-order valence-electron chi connectivity index (χ0n) is 13.7. The van der Waals surface area contributed by atoms with Gasteiger partial charge >= 0.3 is 11.9 Å². The van der Waals surface area contributed by atoms with E-state index in [2.05, 4.69) is 15.3 Å². The largest absolute Gasteiger partial charge is 0.463 e. The highest BCUT2D eigenvalue weighted by molar-refractivity contribution is 5.99. The van der Waals surface area contributed by atoms with Gasteiger partial charge in [-0.25, -0.2) is 14.6 Å². The van der Waals surface area contributed by atoms with Gasteiger partial charge in [0, 0.05) is 23.3 Å². The summed E-state index contributed by atoms with van der Waals surface area (Å²) in [5.41, 5.74) is 2.69. The number of imidazole rings is 1. The van der Waals surface area contributed by atoms with Crippen molar-refractivity contribution in [2.45, 2.75) is 33.6 Å². The van der Waals surface area contributed by atoms with Gasteiger partial charge in [-0.1, -0.05) is 0 Å². The average Bonchev–Trinajstić information content (AvgIpc) is 3.00. The number of hydrogen-bond donors (Lipinski definition) is 2. The predicted octanol–water partition coefficient (Wildman–Crippen LogP) is 1.77. The summed E-state index contributed by atoms with van der Waals surface area (Å²) in [5, 5.41) is 3.07. The first kappa shape index (κ1) is 16.8. The van der Waals surface area contributed by atoms with Gasteiger partial charge in [0.05, 0.1) is 36.6 Å². The Balaban J connectivity index is 2.55. The summed E-state index contributed by atoms with van der Waals surface area (Å²) in [6.45, 7) is 7.54. The Morgan fingerprint density at radius 2 is 1.61 bits per heavy atom. The van der Waals surface area contributed by atoms with Crippen LogP contribution in [0.3, 0.4) is 0 Å². The monoisotopic (exact) mass is 319 g/mol. The number of esters is 2. The third kappa shape index (κ3) is 3.28. The molecule has 124 valence electrons. The molecule has 0 unspecified atom stereocenters. The first-order valence-electron chi connectivity index (χ1n) is 7.52. The van der Waals surface area contributed by atoms with Crippen molar-refractivity contribution in [3.05, 3.63) is 40.8 Å². The molecule has 2 N–H and O–H groups in total. The first-order valence-corrected chi connectivity index (χ1v) is 7.52. The highest BCUT2D eigenvalue weighted by Crippen LogP contribution is 2.38. The second kappa shape index (κ2) is 7.13. The number of allylic oxidation sites excluding steroid dienone is 2. The second-order valence-corrected chi connectivity index (χ2v) is 5.08. The fourth-order valence-corrected chi connectivity index (χ4v) is 2.69. The number of rotatable bonds is 5. The topological polar surface area (TPSA) is 93.3 Å². The zero-order valence-corrected chi connectivity index (χ0v) is 13.7. The minimum Gasteiger partial charge on any atom is -0.463 e. The molecular weight excluding hydrogens is 298 g/mol. The van der Waals surface area contributed by atoms with Crippen LogP contribution in [0.5, 0.6) is 0 Å². The SMILES string of the molecule is CCOC(=O)C1=C(C)NC(C)=C(C(=O)OCC)C1c1cnc[nH]1. The van der Waals surface area contributed by atoms with Crippen molar-refractivity contribution in [3.63, 3.8) is 0 Å². The Hall–Kier alpha value is -2.57. The number of nitrogens with zero attached hydrogens (tertiary/aromatic N) is 1. The fourth-order valence-electron chi connectivity index (χ4n) is 2.69. The van der Waals surface area contributed by atoms with Crippen LogP contribution >= 0.6 is 0 Å². The normalized spacial score (nSPS) is 15.5. The van der Waals surface area contributed by atoms with E-state index in [1.807, 2.05) is 0 Å². The van der Waals surface area contributed by atoms with Crippen molar-refractivity contribution in [2.75, 3.05) is 13.2 Å². The Morgan fingerprint density at radius 3 is 2.00 bits per heavy atom. The van der Waals surface area contributed by atoms with Gasteiger partial charge in [-0.15, -0.1) is 0 Å². The van der Waals surface area contributed by atoms with Gasteiger partial charge in [0.25, 0.3) is 0 Å². The number of carbonyl (C=O) groups excluding carboxylic acids is 2. The lowest BCUT2D eigenvalue weighted by atomic mass is 9.83. The maximum atomic E-state index is 12.4. The number of H-pyrrole nitrogens is 1. The van der Waals surface area contributed by atoms with Crippen molar-refractivity contribution in [3.8, 4) is 0 Å². The molecule has 0 atom stereocenters. The summed E-state index contributed by atoms with van der Waals surface area (Å²) in [7, 11) is 0. The maximum Gasteiger partial charge on any atom is 0.336 e. The highest BCUT2D eigenvalue weighted by Gasteiger charge is 2.38. The summed E-state index contributed by atoms with van der Waals surface area (Å²) >= 11 is 0. The van der Waals surface area contributed by atoms with Crippen molar-refractivity contribution in [1.29, 1.82) is 0 Å². The third-order valence-corrected chi connectivity index (χ3v) is 3.58. The van der Waals surface area contributed by atoms with E-state index < -0.39 is 17.9 Å². The van der Waals surface area contributed by atoms with Crippen LogP contribution in [0.2, 0.25) is 0 Å². The molecule has 1 aliphatic rings. The Kier molecular flexibility index (Phi) is 5.20. The van der Waals surface area contributed by atoms with Crippen molar-refractivity contribution < 1.29 is 19.1 Å². The molecule has 0 fully saturated rings. The molecule has 0 radical (unpaired) electrons. The third-order valence-electron chi connectivity index (χ3n) is 3.58. The number of aromatic amines is 1. The molecule has 7 nitrogen and oxygen atoms in total. The number of carbonyl (C=O) groups is 2. The van der Waals surface area contributed by atoms with Crippen molar-refractivity contribution in [2.24, 2.45) is 0 Å². The first-order chi connectivity index (χ1) is 11.0. The van der Waals surface area contributed by atoms with E-state index in [1.54, 1.807) is 33.9 Å². The van der Waals surface area contributed by atoms with E-state index in [0.717, 1.165) is 0 Å². The number of ether oxygens (including phenoxy) is 2. The molecule has 1 aromatic heterocycles. The molecule has 7 heteroatoms. The summed E-state index contributed by atoms with van der Waals surface area (Å²) < 4.78 is 10.3. The van der Waals surface area contributed by atoms with Crippen molar-refractivity contribution in [1.82, 2.24) is 15.3 Å². The smallest absolute Gasteiger partial charge is 0.336 e. The molecule has 0 amide bonds. The van der Waals surface area contributed by atoms with Gasteiger partial charge in [-0.2, -0.15) is 0 Å². The summed E-state index contributed by atoms with van der Waals surface area (Å²) in [6.07, 6.45) is 3.10. The van der Waals surface area contributed by atoms with Gasteiger partial charge in [-0.3, -0.25) is 0 Å². The van der Waals surface area contributed by atoms with Gasteiger partial charge in [-0.05, 0) is 27.7 Å². The Bertz CT molecular complexity index is 619. The molecule has 0 saturated heterocycles. The molecule has 2 rings (SSSR count). The minimum absolute atomic E-state index is 0.253. The van der Waals surface area contributed by atoms with Crippen LogP contribution in [0, 0.1) is 0 Å². The number of nitrogens with one attached hydrogen (secondary N) is 2. The van der Waals surface area contributed by atoms with Crippen LogP contribution in [0.4, 0.5) is 0 Å². The van der Waals surface area contributed by atoms with E-state index in [4.69, 9.17) is 9.47 Å². The van der Waals surface area contributed by atoms with Gasteiger partial charge < -0.3 is 19.8 Å². The van der Waals surface area contributed by atoms with Crippen molar-refractivity contribution >= 4 is 11.9 Å². The van der Waals surface area contributed by atoms with Crippen LogP contribution in [-0.2, 0) is 19.1 Å². The Labute approximate surface area is 134 Å². The average molecular weight is 319 g/mol. The maximum absolute atomic E-state index is 12.4. The Morgan fingerprint density at radius 1 is 1.09 bits per heavy atom. The minimum atomic E-state index is -0.600. The lowest BCUT2D eigenvalue weighted by molar-refractivity contribution is -0.139. The van der Waals surface area contributed by atoms with E-state index in [9.17, 15) is 9.59 Å². The van der Waals surface area contributed by atoms with Crippen LogP contribution in [0.1, 0.15) is 39.3 Å². The van der Waals surface area contributed by atoms with Gasteiger partial charge in [0.2, 0.25) is 0 Å². The zero-order chi connectivity index (χ0) is 17.0. The second-order valence-electron chi connectivity index (χ2n) is 5.08. The molecule has 0 aliphatic carbocycles. The van der Waals surface area contributed by atoms with E-state index >= 15 is 0 Å². The lowest BCUT2D eigenvalue weighted by Gasteiger charge is -2.29. The van der Waals surface area contributed by atoms with E-state index in [0.29, 0.717) is 28.2 Å². The molecule has 1 aromatic rings. The molecule has 0 bridgehead atoms. The number of aromatic nitrogens is 2. The predicted molar refractivity (Wildman–Crippen MR) is 83.1 cm³/mol. The summed E-state index contributed by atoms with van der Waals surface area (Å²) in [4.78, 5) is 31.8. The molecule has 0 spiro atoms. The lowest BCUT2D eigenvalue weighted by Crippen LogP contribution is -2.32. The van der Waals surface area contributed by atoms with Crippen LogP contribution in [0.15, 0.2) is 35.1 Å². The fraction of sp³-hybridized carbons (Fsp3) is 0.438. The van der Waals surface area contributed by atoms with Gasteiger partial charge in [0.1, 0.15) is 0 Å². The van der Waals surface area contributed by atoms with Crippen LogP contribution in [0.25, 0.3) is 0 Å². The number of hydrogen-bond acceptors (Lipinski definition) is 6. The molecule has 1 aliphatic heterocycles. The highest BCUT2D eigenvalue weighted by atomic mass is 16.5. The standard InChI is InChI=1S/C16H21N3O4/c1-5-22-15(20)12-9(3)19-10(4)13(16(21)23-6-2)14(12)11-7-17-8-18-11/h7-8,14,19H,5-6H2,1-4H3,(H,17,18). The summed E-state index contributed by atoms with van der Waals surface area (Å²) in [5.74, 6) is -1.53. The van der Waals surface area contributed by atoms with E-state index in [1.165, 1.54) is 6.33 Å². The molecular formula is C16H21N3O4. The molecule has 0 saturated carbocycles.